The van der Waals surface area contributed by atoms with Crippen molar-refractivity contribution in [1.29, 1.82) is 0 Å². The van der Waals surface area contributed by atoms with Gasteiger partial charge >= 0.3 is 0 Å². The van der Waals surface area contributed by atoms with Gasteiger partial charge in [0.25, 0.3) is 0 Å². The maximum atomic E-state index is 13.5. The Morgan fingerprint density at radius 3 is 2.82 bits per heavy atom. The van der Waals surface area contributed by atoms with Gasteiger partial charge in [-0.3, -0.25) is 4.90 Å². The summed E-state index contributed by atoms with van der Waals surface area (Å²) in [6.45, 7) is 7.45. The first-order valence-corrected chi connectivity index (χ1v) is 11.9. The molecule has 1 aliphatic heterocycles. The summed E-state index contributed by atoms with van der Waals surface area (Å²) >= 11 is 5.92. The fourth-order valence-corrected chi connectivity index (χ4v) is 4.44. The number of rotatable bonds is 9. The molecule has 1 aromatic heterocycles. The minimum Gasteiger partial charge on any atom is -0.493 e. The van der Waals surface area contributed by atoms with E-state index in [4.69, 9.17) is 25.8 Å². The summed E-state index contributed by atoms with van der Waals surface area (Å²) in [5, 5.41) is 3.98. The van der Waals surface area contributed by atoms with Crippen LogP contribution in [-0.4, -0.2) is 60.4 Å². The number of methoxy groups -OCH3 is 1. The summed E-state index contributed by atoms with van der Waals surface area (Å²) in [5.41, 5.74) is 1.32. The second kappa shape index (κ2) is 11.2. The second-order valence-corrected chi connectivity index (χ2v) is 8.79. The molecule has 1 N–H and O–H groups in total. The molecule has 0 saturated carbocycles. The monoisotopic (exact) mass is 488 g/mol. The van der Waals surface area contributed by atoms with E-state index in [0.717, 1.165) is 38.0 Å². The van der Waals surface area contributed by atoms with E-state index in [-0.39, 0.29) is 5.02 Å². The second-order valence-electron chi connectivity index (χ2n) is 8.38. The molecule has 0 amide bonds. The maximum absolute atomic E-state index is 13.5. The Bertz CT molecular complexity index is 1130. The van der Waals surface area contributed by atoms with Crippen LogP contribution in [0.3, 0.4) is 0 Å². The maximum Gasteiger partial charge on any atom is 0.162 e. The lowest BCUT2D eigenvalue weighted by molar-refractivity contribution is -0.0454. The zero-order valence-corrected chi connectivity index (χ0v) is 20.4. The number of nitrogens with one attached hydrogen (secondary N) is 1. The predicted octanol–water partition coefficient (Wildman–Crippen LogP) is 5.44. The van der Waals surface area contributed by atoms with Crippen LogP contribution in [0.4, 0.5) is 15.9 Å². The minimum atomic E-state index is -0.475. The number of aromatic nitrogens is 2. The molecule has 182 valence electrons. The predicted molar refractivity (Wildman–Crippen MR) is 132 cm³/mol. The van der Waals surface area contributed by atoms with Crippen LogP contribution in [0.2, 0.25) is 5.02 Å². The van der Waals surface area contributed by atoms with Crippen LogP contribution >= 0.6 is 11.6 Å². The zero-order chi connectivity index (χ0) is 24.1. The Morgan fingerprint density at radius 1 is 1.21 bits per heavy atom. The van der Waals surface area contributed by atoms with E-state index in [1.807, 2.05) is 12.1 Å². The lowest BCUT2D eigenvalue weighted by Crippen LogP contribution is -2.51. The third-order valence-corrected chi connectivity index (χ3v) is 6.39. The first-order chi connectivity index (χ1) is 16.5. The topological polar surface area (TPSA) is 68.7 Å². The van der Waals surface area contributed by atoms with Crippen LogP contribution in [0.25, 0.3) is 10.9 Å². The molecule has 4 rings (SSSR count). The molecular weight excluding hydrogens is 459 g/mol. The lowest BCUT2D eigenvalue weighted by Gasteiger charge is -2.40. The van der Waals surface area contributed by atoms with Crippen molar-refractivity contribution in [2.45, 2.75) is 38.8 Å². The molecule has 2 aromatic carbocycles. The van der Waals surface area contributed by atoms with Gasteiger partial charge in [0, 0.05) is 35.8 Å². The number of ether oxygens (including phenoxy) is 3. The Balaban J connectivity index is 1.49. The van der Waals surface area contributed by atoms with E-state index < -0.39 is 5.82 Å². The quantitative estimate of drug-likeness (QED) is 0.402. The van der Waals surface area contributed by atoms with Gasteiger partial charge in [-0.1, -0.05) is 18.5 Å². The highest BCUT2D eigenvalue weighted by Crippen LogP contribution is 2.35. The lowest BCUT2D eigenvalue weighted by atomic mass is 10.1. The van der Waals surface area contributed by atoms with E-state index in [2.05, 4.69) is 34.0 Å². The molecule has 7 nitrogen and oxygen atoms in total. The van der Waals surface area contributed by atoms with Gasteiger partial charge in [-0.2, -0.15) is 0 Å². The third kappa shape index (κ3) is 5.51. The van der Waals surface area contributed by atoms with Gasteiger partial charge in [0.1, 0.15) is 18.0 Å². The minimum absolute atomic E-state index is 0.0361. The van der Waals surface area contributed by atoms with Crippen LogP contribution < -0.4 is 14.8 Å². The fraction of sp³-hybridized carbons (Fsp3) is 0.440. The van der Waals surface area contributed by atoms with Crippen molar-refractivity contribution in [3.05, 3.63) is 47.5 Å². The summed E-state index contributed by atoms with van der Waals surface area (Å²) < 4.78 is 30.9. The summed E-state index contributed by atoms with van der Waals surface area (Å²) in [6, 6.07) is 8.97. The van der Waals surface area contributed by atoms with Gasteiger partial charge in [-0.15, -0.1) is 0 Å². The number of halogens is 2. The van der Waals surface area contributed by atoms with Gasteiger partial charge in [0.2, 0.25) is 0 Å². The van der Waals surface area contributed by atoms with Crippen LogP contribution in [0.5, 0.6) is 11.5 Å². The Hall–Kier alpha value is -2.68. The van der Waals surface area contributed by atoms with Crippen molar-refractivity contribution in [3.8, 4) is 11.5 Å². The standard InChI is InChI=1S/C25H30ClFN4O3/c1-4-18-14-33-13-16(2)31(18)8-5-9-34-24-11-19-22(12-23(24)32-3)28-15-29-25(19)30-17-6-7-21(27)20(26)10-17/h6-7,10-12,15-16,18H,4-5,8-9,13-14H2,1-3H3,(H,28,29,30). The van der Waals surface area contributed by atoms with Crippen molar-refractivity contribution in [1.82, 2.24) is 14.9 Å². The smallest absolute Gasteiger partial charge is 0.162 e. The van der Waals surface area contributed by atoms with Gasteiger partial charge < -0.3 is 19.5 Å². The van der Waals surface area contributed by atoms with E-state index in [9.17, 15) is 4.39 Å². The Kier molecular flexibility index (Phi) is 8.03. The van der Waals surface area contributed by atoms with Crippen molar-refractivity contribution < 1.29 is 18.6 Å². The summed E-state index contributed by atoms with van der Waals surface area (Å²) in [4.78, 5) is 11.2. The van der Waals surface area contributed by atoms with Crippen molar-refractivity contribution >= 4 is 34.0 Å². The highest BCUT2D eigenvalue weighted by molar-refractivity contribution is 6.31. The zero-order valence-electron chi connectivity index (χ0n) is 19.7. The van der Waals surface area contributed by atoms with Gasteiger partial charge in [0.05, 0.1) is 37.5 Å². The molecule has 1 aliphatic rings. The molecule has 0 bridgehead atoms. The highest BCUT2D eigenvalue weighted by atomic mass is 35.5. The molecular formula is C25H30ClFN4O3. The molecule has 2 atom stereocenters. The first kappa shape index (κ1) is 24.4. The molecule has 1 saturated heterocycles. The summed E-state index contributed by atoms with van der Waals surface area (Å²) in [5.74, 6) is 1.31. The van der Waals surface area contributed by atoms with E-state index in [1.54, 1.807) is 13.2 Å². The van der Waals surface area contributed by atoms with E-state index in [1.165, 1.54) is 18.5 Å². The SMILES string of the molecule is CCC1COCC(C)N1CCCOc1cc2c(Nc3ccc(F)c(Cl)c3)ncnc2cc1OC. The van der Waals surface area contributed by atoms with Gasteiger partial charge in [0.15, 0.2) is 11.5 Å². The number of hydrogen-bond acceptors (Lipinski definition) is 7. The first-order valence-electron chi connectivity index (χ1n) is 11.5. The van der Waals surface area contributed by atoms with Crippen molar-refractivity contribution in [2.75, 3.05) is 38.8 Å². The van der Waals surface area contributed by atoms with E-state index in [0.29, 0.717) is 47.2 Å². The summed E-state index contributed by atoms with van der Waals surface area (Å²) in [6.07, 6.45) is 3.41. The van der Waals surface area contributed by atoms with Gasteiger partial charge in [-0.25, -0.2) is 14.4 Å². The highest BCUT2D eigenvalue weighted by Gasteiger charge is 2.26. The molecule has 2 unspecified atom stereocenters. The average Bonchev–Trinajstić information content (AvgIpc) is 2.84. The van der Waals surface area contributed by atoms with Crippen LogP contribution in [0.15, 0.2) is 36.7 Å². The van der Waals surface area contributed by atoms with Crippen molar-refractivity contribution in [3.63, 3.8) is 0 Å². The fourth-order valence-electron chi connectivity index (χ4n) is 4.26. The number of hydrogen-bond donors (Lipinski definition) is 1. The van der Waals surface area contributed by atoms with Crippen LogP contribution in [0.1, 0.15) is 26.7 Å². The number of morpholine rings is 1. The Labute approximate surface area is 204 Å². The number of anilines is 2. The van der Waals surface area contributed by atoms with Crippen LogP contribution in [0, 0.1) is 5.82 Å². The third-order valence-electron chi connectivity index (χ3n) is 6.10. The molecule has 1 fully saturated rings. The van der Waals surface area contributed by atoms with Gasteiger partial charge in [-0.05, 0) is 44.0 Å². The van der Waals surface area contributed by atoms with Crippen molar-refractivity contribution in [2.24, 2.45) is 0 Å². The molecule has 0 aliphatic carbocycles. The number of nitrogens with zero attached hydrogens (tertiary/aromatic N) is 3. The number of fused-ring (bicyclic) bond motifs is 1. The molecule has 0 spiro atoms. The number of benzene rings is 2. The molecule has 3 aromatic rings. The van der Waals surface area contributed by atoms with Crippen LogP contribution in [-0.2, 0) is 4.74 Å². The Morgan fingerprint density at radius 2 is 2.06 bits per heavy atom. The molecule has 34 heavy (non-hydrogen) atoms. The van der Waals surface area contributed by atoms with E-state index >= 15 is 0 Å². The average molecular weight is 489 g/mol. The molecule has 2 heterocycles. The normalized spacial score (nSPS) is 18.7. The largest absolute Gasteiger partial charge is 0.493 e. The summed E-state index contributed by atoms with van der Waals surface area (Å²) in [7, 11) is 1.61. The molecule has 0 radical (unpaired) electrons. The molecule has 9 heteroatoms.